The van der Waals surface area contributed by atoms with E-state index in [0.29, 0.717) is 6.54 Å². The molecular formula is C20H20FNO3. The Kier molecular flexibility index (Phi) is 5.12. The van der Waals surface area contributed by atoms with Crippen molar-refractivity contribution in [2.75, 3.05) is 13.2 Å². The fourth-order valence-corrected chi connectivity index (χ4v) is 3.12. The number of carbonyl (C=O) groups is 2. The van der Waals surface area contributed by atoms with Crippen LogP contribution in [0.15, 0.2) is 54.6 Å². The van der Waals surface area contributed by atoms with Crippen molar-refractivity contribution in [1.29, 1.82) is 0 Å². The van der Waals surface area contributed by atoms with Crippen molar-refractivity contribution in [2.24, 2.45) is 0 Å². The van der Waals surface area contributed by atoms with E-state index in [2.05, 4.69) is 17.4 Å². The second kappa shape index (κ2) is 7.47. The zero-order valence-corrected chi connectivity index (χ0v) is 13.8. The standard InChI is InChI=1S/C20H20FNO3/c21-17-10-5-4-9-16(17)19(24)25-13-18(23)22-14-20(11-6-12-20)15-7-2-1-3-8-15/h1-5,7-10H,6,11-14H2,(H,22,23). The van der Waals surface area contributed by atoms with Gasteiger partial charge in [0.05, 0.1) is 5.56 Å². The molecule has 2 aromatic rings. The zero-order valence-electron chi connectivity index (χ0n) is 13.8. The van der Waals surface area contributed by atoms with Gasteiger partial charge in [-0.05, 0) is 30.5 Å². The number of esters is 1. The number of amides is 1. The van der Waals surface area contributed by atoms with Gasteiger partial charge in [-0.3, -0.25) is 4.79 Å². The number of carbonyl (C=O) groups excluding carboxylic acids is 2. The second-order valence-electron chi connectivity index (χ2n) is 6.33. The Bertz CT molecular complexity index is 757. The van der Waals surface area contributed by atoms with Crippen LogP contribution in [-0.4, -0.2) is 25.0 Å². The Hall–Kier alpha value is -2.69. The molecule has 1 fully saturated rings. The quantitative estimate of drug-likeness (QED) is 0.821. The topological polar surface area (TPSA) is 55.4 Å². The molecule has 0 heterocycles. The van der Waals surface area contributed by atoms with Gasteiger partial charge in [0.1, 0.15) is 5.82 Å². The lowest BCUT2D eigenvalue weighted by molar-refractivity contribution is -0.124. The van der Waals surface area contributed by atoms with Crippen molar-refractivity contribution in [1.82, 2.24) is 5.32 Å². The molecule has 0 unspecified atom stereocenters. The average molecular weight is 341 g/mol. The van der Waals surface area contributed by atoms with Crippen LogP contribution < -0.4 is 5.32 Å². The lowest BCUT2D eigenvalue weighted by Crippen LogP contribution is -2.46. The summed E-state index contributed by atoms with van der Waals surface area (Å²) >= 11 is 0. The first-order chi connectivity index (χ1) is 12.1. The van der Waals surface area contributed by atoms with Gasteiger partial charge < -0.3 is 10.1 Å². The second-order valence-corrected chi connectivity index (χ2v) is 6.33. The van der Waals surface area contributed by atoms with Gasteiger partial charge in [0.15, 0.2) is 6.61 Å². The van der Waals surface area contributed by atoms with Crippen LogP contribution in [-0.2, 0) is 14.9 Å². The summed E-state index contributed by atoms with van der Waals surface area (Å²) in [5.41, 5.74) is 1.01. The molecule has 0 spiro atoms. The molecule has 0 aromatic heterocycles. The number of hydrogen-bond acceptors (Lipinski definition) is 3. The predicted molar refractivity (Wildman–Crippen MR) is 91.7 cm³/mol. The Morgan fingerprint density at radius 1 is 1.04 bits per heavy atom. The van der Waals surface area contributed by atoms with E-state index in [1.54, 1.807) is 6.07 Å². The van der Waals surface area contributed by atoms with Crippen molar-refractivity contribution in [2.45, 2.75) is 24.7 Å². The third kappa shape index (κ3) is 3.87. The molecule has 0 aliphatic heterocycles. The smallest absolute Gasteiger partial charge is 0.341 e. The van der Waals surface area contributed by atoms with Crippen molar-refractivity contribution in [3.8, 4) is 0 Å². The third-order valence-electron chi connectivity index (χ3n) is 4.75. The highest BCUT2D eigenvalue weighted by molar-refractivity contribution is 5.91. The minimum atomic E-state index is -0.838. The van der Waals surface area contributed by atoms with Crippen LogP contribution >= 0.6 is 0 Å². The van der Waals surface area contributed by atoms with Gasteiger partial charge >= 0.3 is 5.97 Å². The highest BCUT2D eigenvalue weighted by atomic mass is 19.1. The molecule has 2 aromatic carbocycles. The molecule has 1 aliphatic carbocycles. The molecule has 0 radical (unpaired) electrons. The van der Waals surface area contributed by atoms with Gasteiger partial charge in [-0.25, -0.2) is 9.18 Å². The highest BCUT2D eigenvalue weighted by Crippen LogP contribution is 2.43. The van der Waals surface area contributed by atoms with E-state index in [4.69, 9.17) is 4.74 Å². The molecule has 1 aliphatic rings. The molecule has 0 atom stereocenters. The van der Waals surface area contributed by atoms with Crippen molar-refractivity contribution in [3.05, 3.63) is 71.5 Å². The van der Waals surface area contributed by atoms with Gasteiger partial charge in [-0.15, -0.1) is 0 Å². The Morgan fingerprint density at radius 2 is 1.72 bits per heavy atom. The maximum Gasteiger partial charge on any atom is 0.341 e. The van der Waals surface area contributed by atoms with E-state index in [-0.39, 0.29) is 16.9 Å². The van der Waals surface area contributed by atoms with Crippen molar-refractivity contribution >= 4 is 11.9 Å². The molecular weight excluding hydrogens is 321 g/mol. The maximum absolute atomic E-state index is 13.5. The average Bonchev–Trinajstić information content (AvgIpc) is 2.60. The number of rotatable bonds is 6. The number of halogens is 1. The fraction of sp³-hybridized carbons (Fsp3) is 0.300. The summed E-state index contributed by atoms with van der Waals surface area (Å²) in [6, 6.07) is 15.6. The van der Waals surface area contributed by atoms with Crippen LogP contribution in [0, 0.1) is 5.82 Å². The van der Waals surface area contributed by atoms with Crippen LogP contribution in [0.2, 0.25) is 0 Å². The molecule has 25 heavy (non-hydrogen) atoms. The first kappa shape index (κ1) is 17.1. The first-order valence-electron chi connectivity index (χ1n) is 8.35. The molecule has 1 amide bonds. The van der Waals surface area contributed by atoms with E-state index >= 15 is 0 Å². The van der Waals surface area contributed by atoms with Crippen LogP contribution in [0.1, 0.15) is 35.2 Å². The minimum Gasteiger partial charge on any atom is -0.452 e. The first-order valence-corrected chi connectivity index (χ1v) is 8.35. The summed E-state index contributed by atoms with van der Waals surface area (Å²) in [6.45, 7) is 0.0884. The van der Waals surface area contributed by atoms with Crippen LogP contribution in [0.3, 0.4) is 0 Å². The number of benzene rings is 2. The number of ether oxygens (including phenoxy) is 1. The SMILES string of the molecule is O=C(COC(=O)c1ccccc1F)NCC1(c2ccccc2)CCC1. The van der Waals surface area contributed by atoms with Gasteiger partial charge in [-0.2, -0.15) is 0 Å². The largest absolute Gasteiger partial charge is 0.452 e. The summed E-state index contributed by atoms with van der Waals surface area (Å²) in [4.78, 5) is 23.8. The Balaban J connectivity index is 1.51. The molecule has 5 heteroatoms. The Morgan fingerprint density at radius 3 is 2.36 bits per heavy atom. The molecule has 130 valence electrons. The lowest BCUT2D eigenvalue weighted by atomic mass is 9.64. The third-order valence-corrected chi connectivity index (χ3v) is 4.75. The van der Waals surface area contributed by atoms with E-state index < -0.39 is 18.4 Å². The minimum absolute atomic E-state index is 0.0353. The summed E-state index contributed by atoms with van der Waals surface area (Å²) in [6.07, 6.45) is 3.17. The summed E-state index contributed by atoms with van der Waals surface area (Å²) < 4.78 is 18.4. The lowest BCUT2D eigenvalue weighted by Gasteiger charge is -2.42. The fourth-order valence-electron chi connectivity index (χ4n) is 3.12. The normalized spacial score (nSPS) is 15.1. The van der Waals surface area contributed by atoms with E-state index in [0.717, 1.165) is 19.3 Å². The van der Waals surface area contributed by atoms with Gasteiger partial charge in [0.25, 0.3) is 5.91 Å². The zero-order chi connectivity index (χ0) is 17.7. The molecule has 1 N–H and O–H groups in total. The van der Waals surface area contributed by atoms with Crippen molar-refractivity contribution < 1.29 is 18.7 Å². The van der Waals surface area contributed by atoms with E-state index in [9.17, 15) is 14.0 Å². The maximum atomic E-state index is 13.5. The Labute approximate surface area is 146 Å². The predicted octanol–water partition coefficient (Wildman–Crippen LogP) is 3.22. The van der Waals surface area contributed by atoms with Gasteiger partial charge in [0, 0.05) is 12.0 Å². The number of hydrogen-bond donors (Lipinski definition) is 1. The van der Waals surface area contributed by atoms with Crippen molar-refractivity contribution in [3.63, 3.8) is 0 Å². The monoisotopic (exact) mass is 341 g/mol. The molecule has 0 bridgehead atoms. The number of nitrogens with one attached hydrogen (secondary N) is 1. The molecule has 0 saturated heterocycles. The van der Waals surface area contributed by atoms with E-state index in [1.165, 1.54) is 23.8 Å². The van der Waals surface area contributed by atoms with Crippen LogP contribution in [0.4, 0.5) is 4.39 Å². The molecule has 1 saturated carbocycles. The highest BCUT2D eigenvalue weighted by Gasteiger charge is 2.38. The molecule has 4 nitrogen and oxygen atoms in total. The summed E-state index contributed by atoms with van der Waals surface area (Å²) in [5, 5.41) is 2.84. The van der Waals surface area contributed by atoms with Gasteiger partial charge in [0.2, 0.25) is 0 Å². The van der Waals surface area contributed by atoms with Crippen LogP contribution in [0.25, 0.3) is 0 Å². The summed E-state index contributed by atoms with van der Waals surface area (Å²) in [7, 11) is 0. The summed E-state index contributed by atoms with van der Waals surface area (Å²) in [5.74, 6) is -1.88. The molecule has 3 rings (SSSR count). The van der Waals surface area contributed by atoms with E-state index in [1.807, 2.05) is 18.2 Å². The van der Waals surface area contributed by atoms with Crippen LogP contribution in [0.5, 0.6) is 0 Å². The van der Waals surface area contributed by atoms with Gasteiger partial charge in [-0.1, -0.05) is 48.9 Å².